The van der Waals surface area contributed by atoms with Gasteiger partial charge in [0.15, 0.2) is 0 Å². The molecule has 0 saturated heterocycles. The predicted molar refractivity (Wildman–Crippen MR) is 49.3 cm³/mol. The molecule has 4 nitrogen and oxygen atoms in total. The van der Waals surface area contributed by atoms with Crippen molar-refractivity contribution < 1.29 is 4.79 Å². The van der Waals surface area contributed by atoms with Crippen LogP contribution in [-0.2, 0) is 0 Å². The Morgan fingerprint density at radius 1 is 1.31 bits per heavy atom. The third-order valence-electron chi connectivity index (χ3n) is 2.08. The van der Waals surface area contributed by atoms with E-state index < -0.39 is 6.04 Å². The summed E-state index contributed by atoms with van der Waals surface area (Å²) in [5.74, 6) is -0.126. The number of rotatable bonds is 0. The van der Waals surface area contributed by atoms with E-state index >= 15 is 0 Å². The molecule has 1 heterocycles. The summed E-state index contributed by atoms with van der Waals surface area (Å²) in [5, 5.41) is 0. The third kappa shape index (κ3) is 1.11. The van der Waals surface area contributed by atoms with Gasteiger partial charge in [0.2, 0.25) is 0 Å². The van der Waals surface area contributed by atoms with Crippen LogP contribution in [0.15, 0.2) is 29.3 Å². The predicted octanol–water partition coefficient (Wildman–Crippen LogP) is 0.197. The Morgan fingerprint density at radius 2 is 2.00 bits per heavy atom. The highest BCUT2D eigenvalue weighted by Gasteiger charge is 2.23. The molecule has 1 aliphatic heterocycles. The van der Waals surface area contributed by atoms with E-state index in [2.05, 4.69) is 4.99 Å². The molecular formula is C9H9N3O. The minimum absolute atomic E-state index is 0.184. The fourth-order valence-electron chi connectivity index (χ4n) is 1.37. The van der Waals surface area contributed by atoms with E-state index in [0.717, 1.165) is 5.56 Å². The number of carbonyl (C=O) groups excluding carboxylic acids is 1. The van der Waals surface area contributed by atoms with Crippen molar-refractivity contribution in [3.05, 3.63) is 35.4 Å². The molecule has 0 radical (unpaired) electrons. The molecule has 1 unspecified atom stereocenters. The zero-order chi connectivity index (χ0) is 9.42. The Bertz CT molecular complexity index is 398. The lowest BCUT2D eigenvalue weighted by Gasteiger charge is -2.18. The normalized spacial score (nSPS) is 20.8. The number of hydrogen-bond acceptors (Lipinski definition) is 3. The quantitative estimate of drug-likeness (QED) is 0.590. The van der Waals surface area contributed by atoms with Gasteiger partial charge in [0.1, 0.15) is 5.84 Å². The molecule has 1 aromatic rings. The van der Waals surface area contributed by atoms with Crippen LogP contribution in [0.5, 0.6) is 0 Å². The summed E-state index contributed by atoms with van der Waals surface area (Å²) < 4.78 is 0. The Morgan fingerprint density at radius 3 is 2.77 bits per heavy atom. The molecule has 0 aliphatic carbocycles. The first-order chi connectivity index (χ1) is 6.20. The van der Waals surface area contributed by atoms with Gasteiger partial charge < -0.3 is 11.5 Å². The van der Waals surface area contributed by atoms with Gasteiger partial charge in [-0.05, 0) is 11.6 Å². The molecule has 2 rings (SSSR count). The highest BCUT2D eigenvalue weighted by atomic mass is 16.1. The average molecular weight is 175 g/mol. The second kappa shape index (κ2) is 2.67. The van der Waals surface area contributed by atoms with Gasteiger partial charge in [0.25, 0.3) is 5.91 Å². The van der Waals surface area contributed by atoms with Crippen LogP contribution in [0.25, 0.3) is 0 Å². The minimum atomic E-state index is -0.450. The van der Waals surface area contributed by atoms with Gasteiger partial charge >= 0.3 is 0 Å². The summed E-state index contributed by atoms with van der Waals surface area (Å²) in [5.41, 5.74) is 12.5. The number of benzene rings is 1. The van der Waals surface area contributed by atoms with Crippen LogP contribution in [0, 0.1) is 0 Å². The van der Waals surface area contributed by atoms with Crippen LogP contribution in [0.1, 0.15) is 22.0 Å². The lowest BCUT2D eigenvalue weighted by molar-refractivity contribution is 0.0999. The van der Waals surface area contributed by atoms with Crippen LogP contribution in [0.2, 0.25) is 0 Å². The van der Waals surface area contributed by atoms with E-state index in [9.17, 15) is 4.79 Å². The number of amides is 1. The minimum Gasteiger partial charge on any atom is -0.385 e. The smallest absolute Gasteiger partial charge is 0.279 e. The Kier molecular flexibility index (Phi) is 1.63. The van der Waals surface area contributed by atoms with Gasteiger partial charge in [-0.2, -0.15) is 4.99 Å². The van der Waals surface area contributed by atoms with E-state index in [0.29, 0.717) is 5.56 Å². The summed E-state index contributed by atoms with van der Waals surface area (Å²) in [6.45, 7) is 0. The fraction of sp³-hybridized carbons (Fsp3) is 0.111. The van der Waals surface area contributed by atoms with E-state index in [1.165, 1.54) is 0 Å². The first kappa shape index (κ1) is 7.94. The highest BCUT2D eigenvalue weighted by Crippen LogP contribution is 2.21. The molecule has 1 amide bonds. The summed E-state index contributed by atoms with van der Waals surface area (Å²) >= 11 is 0. The van der Waals surface area contributed by atoms with Crippen LogP contribution < -0.4 is 11.5 Å². The SMILES string of the molecule is NC1=NC(=O)c2ccccc2C1N. The molecule has 1 atom stereocenters. The topological polar surface area (TPSA) is 81.5 Å². The molecule has 1 aliphatic rings. The maximum absolute atomic E-state index is 11.3. The van der Waals surface area contributed by atoms with Gasteiger partial charge in [-0.1, -0.05) is 18.2 Å². The number of nitrogens with two attached hydrogens (primary N) is 2. The molecule has 0 saturated carbocycles. The largest absolute Gasteiger partial charge is 0.385 e. The molecule has 0 spiro atoms. The maximum atomic E-state index is 11.3. The van der Waals surface area contributed by atoms with Crippen molar-refractivity contribution in [2.45, 2.75) is 6.04 Å². The zero-order valence-corrected chi connectivity index (χ0v) is 6.90. The molecule has 13 heavy (non-hydrogen) atoms. The third-order valence-corrected chi connectivity index (χ3v) is 2.08. The average Bonchev–Trinajstić information content (AvgIpc) is 2.15. The first-order valence-electron chi connectivity index (χ1n) is 3.93. The van der Waals surface area contributed by atoms with E-state index in [4.69, 9.17) is 11.5 Å². The van der Waals surface area contributed by atoms with Gasteiger partial charge in [0, 0.05) is 5.56 Å². The second-order valence-corrected chi connectivity index (χ2v) is 2.91. The zero-order valence-electron chi connectivity index (χ0n) is 6.90. The van der Waals surface area contributed by atoms with Crippen molar-refractivity contribution in [1.29, 1.82) is 0 Å². The monoisotopic (exact) mass is 175 g/mol. The van der Waals surface area contributed by atoms with E-state index in [-0.39, 0.29) is 11.7 Å². The van der Waals surface area contributed by atoms with Crippen molar-refractivity contribution in [3.63, 3.8) is 0 Å². The molecule has 0 bridgehead atoms. The van der Waals surface area contributed by atoms with Crippen LogP contribution in [-0.4, -0.2) is 11.7 Å². The Hall–Kier alpha value is -1.68. The fourth-order valence-corrected chi connectivity index (χ4v) is 1.37. The van der Waals surface area contributed by atoms with Gasteiger partial charge in [-0.25, -0.2) is 0 Å². The molecule has 66 valence electrons. The summed E-state index contributed by atoms with van der Waals surface area (Å²) in [6, 6.07) is 6.65. The summed E-state index contributed by atoms with van der Waals surface area (Å²) in [6.07, 6.45) is 0. The molecule has 4 heteroatoms. The van der Waals surface area contributed by atoms with Gasteiger partial charge in [-0.3, -0.25) is 4.79 Å². The maximum Gasteiger partial charge on any atom is 0.279 e. The number of nitrogens with zero attached hydrogens (tertiary/aromatic N) is 1. The Balaban J connectivity index is 2.62. The second-order valence-electron chi connectivity index (χ2n) is 2.91. The summed E-state index contributed by atoms with van der Waals surface area (Å²) in [4.78, 5) is 15.0. The molecule has 1 aromatic carbocycles. The first-order valence-corrected chi connectivity index (χ1v) is 3.93. The molecule has 4 N–H and O–H groups in total. The van der Waals surface area contributed by atoms with Crippen LogP contribution in [0.4, 0.5) is 0 Å². The molecular weight excluding hydrogens is 166 g/mol. The number of fused-ring (bicyclic) bond motifs is 1. The van der Waals surface area contributed by atoms with Crippen LogP contribution in [0.3, 0.4) is 0 Å². The van der Waals surface area contributed by atoms with Gasteiger partial charge in [0.05, 0.1) is 6.04 Å². The molecule has 0 fully saturated rings. The standard InChI is InChI=1S/C9H9N3O/c10-7-5-3-1-2-4-6(5)9(13)12-8(7)11/h1-4,7H,10H2,(H2,11,12,13). The van der Waals surface area contributed by atoms with E-state index in [1.807, 2.05) is 6.07 Å². The van der Waals surface area contributed by atoms with Crippen molar-refractivity contribution in [1.82, 2.24) is 0 Å². The number of hydrogen-bond donors (Lipinski definition) is 2. The van der Waals surface area contributed by atoms with Gasteiger partial charge in [-0.15, -0.1) is 0 Å². The number of aliphatic imine (C=N–C) groups is 1. The lowest BCUT2D eigenvalue weighted by atomic mass is 9.97. The Labute approximate surface area is 75.3 Å². The van der Waals surface area contributed by atoms with Crippen molar-refractivity contribution in [2.75, 3.05) is 0 Å². The number of amidine groups is 1. The lowest BCUT2D eigenvalue weighted by Crippen LogP contribution is -2.34. The summed E-state index contributed by atoms with van der Waals surface area (Å²) in [7, 11) is 0. The highest BCUT2D eigenvalue weighted by molar-refractivity contribution is 6.09. The van der Waals surface area contributed by atoms with Crippen molar-refractivity contribution >= 4 is 11.7 Å². The van der Waals surface area contributed by atoms with Crippen molar-refractivity contribution in [2.24, 2.45) is 16.5 Å². The van der Waals surface area contributed by atoms with Crippen LogP contribution >= 0.6 is 0 Å². The van der Waals surface area contributed by atoms with Crippen molar-refractivity contribution in [3.8, 4) is 0 Å². The van der Waals surface area contributed by atoms with E-state index in [1.54, 1.807) is 18.2 Å². The number of carbonyl (C=O) groups is 1. The molecule has 0 aromatic heterocycles.